The Bertz CT molecular complexity index is 1160. The van der Waals surface area contributed by atoms with Gasteiger partial charge in [-0.2, -0.15) is 0 Å². The van der Waals surface area contributed by atoms with Crippen molar-refractivity contribution in [3.05, 3.63) is 60.2 Å². The lowest BCUT2D eigenvalue weighted by Gasteiger charge is -2.28. The summed E-state index contributed by atoms with van der Waals surface area (Å²) >= 11 is 0. The molecule has 1 aromatic carbocycles. The van der Waals surface area contributed by atoms with Crippen molar-refractivity contribution in [2.24, 2.45) is 0 Å². The van der Waals surface area contributed by atoms with Gasteiger partial charge >= 0.3 is 0 Å². The van der Waals surface area contributed by atoms with Crippen molar-refractivity contribution in [3.63, 3.8) is 0 Å². The predicted octanol–water partition coefficient (Wildman–Crippen LogP) is 4.74. The van der Waals surface area contributed by atoms with Crippen LogP contribution >= 0.6 is 0 Å². The van der Waals surface area contributed by atoms with Crippen LogP contribution in [0.5, 0.6) is 0 Å². The average Bonchev–Trinajstić information content (AvgIpc) is 3.17. The van der Waals surface area contributed by atoms with Crippen LogP contribution < -0.4 is 10.2 Å². The maximum atomic E-state index is 4.71. The van der Waals surface area contributed by atoms with E-state index < -0.39 is 0 Å². The van der Waals surface area contributed by atoms with Crippen LogP contribution in [0.25, 0.3) is 33.4 Å². The summed E-state index contributed by atoms with van der Waals surface area (Å²) in [6.45, 7) is 12.1. The van der Waals surface area contributed by atoms with Crippen LogP contribution in [0.3, 0.4) is 0 Å². The number of fused-ring (bicyclic) bond motifs is 1. The second kappa shape index (κ2) is 9.27. The number of rotatable bonds is 3. The lowest BCUT2D eigenvalue weighted by Crippen LogP contribution is -2.43. The number of piperazine rings is 1. The molecule has 1 saturated heterocycles. The van der Waals surface area contributed by atoms with E-state index in [0.29, 0.717) is 0 Å². The summed E-state index contributed by atoms with van der Waals surface area (Å²) in [7, 11) is 0. The van der Waals surface area contributed by atoms with Gasteiger partial charge in [-0.3, -0.25) is 4.98 Å². The van der Waals surface area contributed by atoms with Gasteiger partial charge in [0.2, 0.25) is 0 Å². The van der Waals surface area contributed by atoms with Gasteiger partial charge < -0.3 is 15.2 Å². The van der Waals surface area contributed by atoms with Crippen LogP contribution in [0.2, 0.25) is 0 Å². The van der Waals surface area contributed by atoms with Gasteiger partial charge in [0.1, 0.15) is 11.5 Å². The molecule has 0 atom stereocenters. The van der Waals surface area contributed by atoms with Gasteiger partial charge in [-0.05, 0) is 43.2 Å². The number of aryl methyl sites for hydroxylation is 2. The number of anilines is 1. The van der Waals surface area contributed by atoms with Gasteiger partial charge in [-0.1, -0.05) is 26.0 Å². The minimum Gasteiger partial charge on any atom is -0.354 e. The highest BCUT2D eigenvalue weighted by Gasteiger charge is 2.14. The van der Waals surface area contributed by atoms with E-state index in [9.17, 15) is 0 Å². The summed E-state index contributed by atoms with van der Waals surface area (Å²) < 4.78 is 0. The highest BCUT2D eigenvalue weighted by atomic mass is 15.2. The molecular weight excluding hydrogens is 384 g/mol. The van der Waals surface area contributed by atoms with Crippen molar-refractivity contribution >= 4 is 16.7 Å². The monoisotopic (exact) mass is 414 g/mol. The molecular formula is C25H30N6. The van der Waals surface area contributed by atoms with E-state index in [1.54, 1.807) is 6.20 Å². The summed E-state index contributed by atoms with van der Waals surface area (Å²) in [6, 6.07) is 10.8. The van der Waals surface area contributed by atoms with E-state index >= 15 is 0 Å². The summed E-state index contributed by atoms with van der Waals surface area (Å²) in [4.78, 5) is 19.5. The quantitative estimate of drug-likeness (QED) is 0.507. The van der Waals surface area contributed by atoms with Crippen molar-refractivity contribution in [3.8, 4) is 22.5 Å². The number of hydrogen-bond acceptors (Lipinski definition) is 5. The molecule has 160 valence electrons. The molecule has 1 fully saturated rings. The van der Waals surface area contributed by atoms with E-state index in [-0.39, 0.29) is 0 Å². The smallest absolute Gasteiger partial charge is 0.128 e. The Morgan fingerprint density at radius 1 is 0.903 bits per heavy atom. The lowest BCUT2D eigenvalue weighted by atomic mass is 10.0. The number of hydrogen-bond donors (Lipinski definition) is 2. The summed E-state index contributed by atoms with van der Waals surface area (Å²) in [5, 5.41) is 4.58. The van der Waals surface area contributed by atoms with E-state index in [4.69, 9.17) is 4.98 Å². The SMILES string of the molecule is CC.Cc1cncc(-c2[nH]c3cc(-c4ccc(N5CCNCC5)nc4)ccc3c2C)n1. The molecule has 0 bridgehead atoms. The number of aromatic nitrogens is 4. The van der Waals surface area contributed by atoms with Gasteiger partial charge in [-0.15, -0.1) is 0 Å². The Labute approximate surface area is 183 Å². The number of pyridine rings is 1. The second-order valence-corrected chi connectivity index (χ2v) is 7.57. The molecule has 5 rings (SSSR count). The van der Waals surface area contributed by atoms with Crippen molar-refractivity contribution in [2.75, 3.05) is 31.1 Å². The fraction of sp³-hybridized carbons (Fsp3) is 0.320. The number of nitrogens with one attached hydrogen (secondary N) is 2. The van der Waals surface area contributed by atoms with Crippen LogP contribution in [0.1, 0.15) is 25.1 Å². The van der Waals surface area contributed by atoms with E-state index in [0.717, 1.165) is 65.7 Å². The zero-order valence-electron chi connectivity index (χ0n) is 18.7. The molecule has 2 N–H and O–H groups in total. The van der Waals surface area contributed by atoms with Crippen LogP contribution in [0.15, 0.2) is 48.9 Å². The normalized spacial score (nSPS) is 13.7. The molecule has 1 aliphatic rings. The standard InChI is InChI=1S/C23H24N6.C2H6/c1-15-12-25-14-21(27-15)23-16(2)19-5-3-17(11-20(19)28-23)18-4-6-22(26-13-18)29-9-7-24-8-10-29;1-2/h3-6,11-14,24,28H,7-10H2,1-2H3;1-2H3. The van der Waals surface area contributed by atoms with Gasteiger partial charge in [0.25, 0.3) is 0 Å². The number of H-pyrrole nitrogens is 1. The van der Waals surface area contributed by atoms with Crippen LogP contribution in [-0.4, -0.2) is 46.1 Å². The molecule has 3 aromatic heterocycles. The van der Waals surface area contributed by atoms with E-state index in [1.807, 2.05) is 33.2 Å². The number of nitrogens with zero attached hydrogens (tertiary/aromatic N) is 4. The topological polar surface area (TPSA) is 69.7 Å². The van der Waals surface area contributed by atoms with Crippen molar-refractivity contribution in [1.82, 2.24) is 25.3 Å². The zero-order chi connectivity index (χ0) is 21.8. The molecule has 1 aliphatic heterocycles. The Morgan fingerprint density at radius 2 is 1.68 bits per heavy atom. The first-order chi connectivity index (χ1) is 15.2. The van der Waals surface area contributed by atoms with Crippen molar-refractivity contribution < 1.29 is 0 Å². The maximum absolute atomic E-state index is 4.71. The fourth-order valence-electron chi connectivity index (χ4n) is 4.00. The van der Waals surface area contributed by atoms with Gasteiger partial charge in [0.15, 0.2) is 0 Å². The molecule has 0 radical (unpaired) electrons. The molecule has 0 amide bonds. The first-order valence-corrected chi connectivity index (χ1v) is 11.0. The van der Waals surface area contributed by atoms with Crippen molar-refractivity contribution in [2.45, 2.75) is 27.7 Å². The van der Waals surface area contributed by atoms with Gasteiger partial charge in [0.05, 0.1) is 17.6 Å². The predicted molar refractivity (Wildman–Crippen MR) is 128 cm³/mol. The van der Waals surface area contributed by atoms with Crippen LogP contribution in [-0.2, 0) is 0 Å². The molecule has 0 spiro atoms. The minimum absolute atomic E-state index is 0.877. The largest absolute Gasteiger partial charge is 0.354 e. The fourth-order valence-corrected chi connectivity index (χ4v) is 4.00. The van der Waals surface area contributed by atoms with Crippen LogP contribution in [0.4, 0.5) is 5.82 Å². The highest BCUT2D eigenvalue weighted by Crippen LogP contribution is 2.31. The average molecular weight is 415 g/mol. The summed E-state index contributed by atoms with van der Waals surface area (Å²) in [6.07, 6.45) is 5.56. The highest BCUT2D eigenvalue weighted by molar-refractivity contribution is 5.92. The zero-order valence-corrected chi connectivity index (χ0v) is 18.7. The second-order valence-electron chi connectivity index (χ2n) is 7.57. The molecule has 0 aliphatic carbocycles. The first-order valence-electron chi connectivity index (χ1n) is 11.0. The molecule has 0 unspecified atom stereocenters. The van der Waals surface area contributed by atoms with E-state index in [2.05, 4.69) is 62.4 Å². The summed E-state index contributed by atoms with van der Waals surface area (Å²) in [5.41, 5.74) is 7.39. The Kier molecular flexibility index (Phi) is 6.28. The summed E-state index contributed by atoms with van der Waals surface area (Å²) in [5.74, 6) is 1.05. The lowest BCUT2D eigenvalue weighted by molar-refractivity contribution is 0.585. The van der Waals surface area contributed by atoms with E-state index in [1.165, 1.54) is 10.9 Å². The molecule has 31 heavy (non-hydrogen) atoms. The number of benzene rings is 1. The Balaban J connectivity index is 0.00000112. The maximum Gasteiger partial charge on any atom is 0.128 e. The molecule has 4 heterocycles. The number of aromatic amines is 1. The Hall–Kier alpha value is -3.25. The van der Waals surface area contributed by atoms with Gasteiger partial charge in [0, 0.05) is 55.0 Å². The molecule has 0 saturated carbocycles. The Morgan fingerprint density at radius 3 is 2.39 bits per heavy atom. The third kappa shape index (κ3) is 4.30. The van der Waals surface area contributed by atoms with Gasteiger partial charge in [-0.25, -0.2) is 9.97 Å². The van der Waals surface area contributed by atoms with Crippen LogP contribution in [0, 0.1) is 13.8 Å². The molecule has 4 aromatic rings. The molecule has 6 heteroatoms. The molecule has 6 nitrogen and oxygen atoms in total. The first kappa shape index (κ1) is 21.0. The minimum atomic E-state index is 0.877. The third-order valence-corrected chi connectivity index (χ3v) is 5.59. The third-order valence-electron chi connectivity index (χ3n) is 5.59. The van der Waals surface area contributed by atoms with Crippen molar-refractivity contribution in [1.29, 1.82) is 0 Å².